The van der Waals surface area contributed by atoms with Gasteiger partial charge < -0.3 is 18.9 Å². The minimum absolute atomic E-state index is 0.429. The Morgan fingerprint density at radius 3 is 2.07 bits per heavy atom. The summed E-state index contributed by atoms with van der Waals surface area (Å²) in [4.78, 5) is 4.63. The molecule has 148 valence electrons. The summed E-state index contributed by atoms with van der Waals surface area (Å²) in [5.74, 6) is 3.21. The highest BCUT2D eigenvalue weighted by atomic mass is 16.5. The monoisotopic (exact) mass is 389 g/mol. The standard InChI is InChI=1S/C24H23NO4/c1-18(17-28-21-14-12-20(26-2)13-15-21)24(25-19-8-5-4-6-9-19)29-23-11-7-10-22(16-23)27-3/h4-17H,1-3H3/b18-17+,25-24?. The van der Waals surface area contributed by atoms with E-state index >= 15 is 0 Å². The van der Waals surface area contributed by atoms with Gasteiger partial charge in [-0.3, -0.25) is 0 Å². The topological polar surface area (TPSA) is 49.3 Å². The predicted molar refractivity (Wildman–Crippen MR) is 115 cm³/mol. The zero-order valence-electron chi connectivity index (χ0n) is 16.7. The molecular formula is C24H23NO4. The van der Waals surface area contributed by atoms with Crippen LogP contribution in [-0.2, 0) is 0 Å². The molecule has 0 aliphatic carbocycles. The molecule has 0 atom stereocenters. The maximum absolute atomic E-state index is 6.05. The lowest BCUT2D eigenvalue weighted by Crippen LogP contribution is -2.11. The highest BCUT2D eigenvalue weighted by Gasteiger charge is 2.09. The van der Waals surface area contributed by atoms with Gasteiger partial charge in [0.25, 0.3) is 0 Å². The summed E-state index contributed by atoms with van der Waals surface area (Å²) in [6.45, 7) is 1.88. The van der Waals surface area contributed by atoms with E-state index in [9.17, 15) is 0 Å². The number of nitrogens with zero attached hydrogens (tertiary/aromatic N) is 1. The molecule has 0 saturated heterocycles. The summed E-state index contributed by atoms with van der Waals surface area (Å²) < 4.78 is 22.2. The van der Waals surface area contributed by atoms with Crippen molar-refractivity contribution in [3.05, 3.63) is 90.7 Å². The number of ether oxygens (including phenoxy) is 4. The highest BCUT2D eigenvalue weighted by Crippen LogP contribution is 2.22. The van der Waals surface area contributed by atoms with E-state index in [4.69, 9.17) is 18.9 Å². The first-order valence-corrected chi connectivity index (χ1v) is 9.11. The van der Waals surface area contributed by atoms with Crippen molar-refractivity contribution < 1.29 is 18.9 Å². The third-order valence-corrected chi connectivity index (χ3v) is 4.01. The van der Waals surface area contributed by atoms with Gasteiger partial charge >= 0.3 is 0 Å². The number of hydrogen-bond donors (Lipinski definition) is 0. The lowest BCUT2D eigenvalue weighted by Gasteiger charge is -2.11. The molecular weight excluding hydrogens is 366 g/mol. The van der Waals surface area contributed by atoms with E-state index in [0.29, 0.717) is 23.1 Å². The molecule has 0 heterocycles. The fraction of sp³-hybridized carbons (Fsp3) is 0.125. The van der Waals surface area contributed by atoms with Crippen LogP contribution in [0.4, 0.5) is 5.69 Å². The molecule has 0 N–H and O–H groups in total. The van der Waals surface area contributed by atoms with Crippen LogP contribution in [0.5, 0.6) is 23.0 Å². The summed E-state index contributed by atoms with van der Waals surface area (Å²) in [6.07, 6.45) is 1.61. The van der Waals surface area contributed by atoms with Crippen LogP contribution in [0.3, 0.4) is 0 Å². The van der Waals surface area contributed by atoms with Crippen molar-refractivity contribution in [3.63, 3.8) is 0 Å². The summed E-state index contributed by atoms with van der Waals surface area (Å²) in [5.41, 5.74) is 1.51. The molecule has 5 heteroatoms. The van der Waals surface area contributed by atoms with Gasteiger partial charge in [0.1, 0.15) is 23.0 Å². The van der Waals surface area contributed by atoms with E-state index in [1.165, 1.54) is 0 Å². The predicted octanol–water partition coefficient (Wildman–Crippen LogP) is 5.80. The van der Waals surface area contributed by atoms with Gasteiger partial charge in [-0.25, -0.2) is 4.99 Å². The van der Waals surface area contributed by atoms with Gasteiger partial charge in [0.05, 0.1) is 26.2 Å². The van der Waals surface area contributed by atoms with Crippen molar-refractivity contribution in [2.45, 2.75) is 6.92 Å². The molecule has 0 fully saturated rings. The van der Waals surface area contributed by atoms with Crippen molar-refractivity contribution in [2.75, 3.05) is 14.2 Å². The number of rotatable bonds is 7. The Morgan fingerprint density at radius 1 is 0.724 bits per heavy atom. The van der Waals surface area contributed by atoms with Gasteiger partial charge in [-0.2, -0.15) is 0 Å². The number of para-hydroxylation sites is 1. The van der Waals surface area contributed by atoms with Crippen molar-refractivity contribution in [2.24, 2.45) is 4.99 Å². The number of methoxy groups -OCH3 is 2. The highest BCUT2D eigenvalue weighted by molar-refractivity contribution is 5.96. The average molecular weight is 389 g/mol. The molecule has 3 aromatic carbocycles. The molecule has 5 nitrogen and oxygen atoms in total. The Balaban J connectivity index is 1.85. The molecule has 0 aromatic heterocycles. The smallest absolute Gasteiger partial charge is 0.225 e. The minimum Gasteiger partial charge on any atom is -0.497 e. The van der Waals surface area contributed by atoms with Gasteiger partial charge in [0.2, 0.25) is 5.90 Å². The molecule has 0 unspecified atom stereocenters. The molecule has 0 aliphatic rings. The number of hydrogen-bond acceptors (Lipinski definition) is 5. The Labute approximate surface area is 170 Å². The van der Waals surface area contributed by atoms with Crippen LogP contribution in [0.1, 0.15) is 6.92 Å². The first-order valence-electron chi connectivity index (χ1n) is 9.11. The lowest BCUT2D eigenvalue weighted by molar-refractivity contribution is 0.411. The SMILES string of the molecule is COc1ccc(O/C=C(\C)C(=Nc2ccccc2)Oc2cccc(OC)c2)cc1. The van der Waals surface area contributed by atoms with Gasteiger partial charge in [0.15, 0.2) is 0 Å². The zero-order chi connectivity index (χ0) is 20.5. The van der Waals surface area contributed by atoms with Crippen LogP contribution in [0.25, 0.3) is 0 Å². The number of aliphatic imine (C=N–C) groups is 1. The van der Waals surface area contributed by atoms with E-state index < -0.39 is 0 Å². The van der Waals surface area contributed by atoms with Crippen LogP contribution in [-0.4, -0.2) is 20.1 Å². The Kier molecular flexibility index (Phi) is 6.90. The fourth-order valence-corrected chi connectivity index (χ4v) is 2.45. The molecule has 3 rings (SSSR count). The third-order valence-electron chi connectivity index (χ3n) is 4.01. The zero-order valence-corrected chi connectivity index (χ0v) is 16.7. The largest absolute Gasteiger partial charge is 0.497 e. The Bertz CT molecular complexity index is 979. The van der Waals surface area contributed by atoms with E-state index in [0.717, 1.165) is 17.0 Å². The van der Waals surface area contributed by atoms with Crippen LogP contribution < -0.4 is 18.9 Å². The maximum atomic E-state index is 6.05. The second-order valence-electron chi connectivity index (χ2n) is 6.13. The van der Waals surface area contributed by atoms with Crippen molar-refractivity contribution in [3.8, 4) is 23.0 Å². The van der Waals surface area contributed by atoms with Gasteiger partial charge in [-0.05, 0) is 55.5 Å². The van der Waals surface area contributed by atoms with Crippen molar-refractivity contribution in [1.82, 2.24) is 0 Å². The third kappa shape index (κ3) is 5.87. The van der Waals surface area contributed by atoms with Crippen LogP contribution in [0, 0.1) is 0 Å². The van der Waals surface area contributed by atoms with Gasteiger partial charge in [-0.15, -0.1) is 0 Å². The normalized spacial score (nSPS) is 11.7. The number of benzene rings is 3. The van der Waals surface area contributed by atoms with Crippen molar-refractivity contribution in [1.29, 1.82) is 0 Å². The fourth-order valence-electron chi connectivity index (χ4n) is 2.45. The van der Waals surface area contributed by atoms with Crippen LogP contribution in [0.2, 0.25) is 0 Å². The van der Waals surface area contributed by atoms with Crippen LogP contribution in [0.15, 0.2) is 95.7 Å². The first-order chi connectivity index (χ1) is 14.2. The van der Waals surface area contributed by atoms with E-state index in [2.05, 4.69) is 4.99 Å². The Morgan fingerprint density at radius 2 is 1.38 bits per heavy atom. The molecule has 3 aromatic rings. The summed E-state index contributed by atoms with van der Waals surface area (Å²) in [6, 6.07) is 24.3. The lowest BCUT2D eigenvalue weighted by atomic mass is 10.3. The molecule has 0 radical (unpaired) electrons. The molecule has 0 saturated carbocycles. The molecule has 0 bridgehead atoms. The summed E-state index contributed by atoms with van der Waals surface area (Å²) >= 11 is 0. The minimum atomic E-state index is 0.429. The van der Waals surface area contributed by atoms with Gasteiger partial charge in [0, 0.05) is 11.6 Å². The first kappa shape index (κ1) is 20.0. The molecule has 0 spiro atoms. The summed E-state index contributed by atoms with van der Waals surface area (Å²) in [5, 5.41) is 0. The summed E-state index contributed by atoms with van der Waals surface area (Å²) in [7, 11) is 3.24. The maximum Gasteiger partial charge on any atom is 0.225 e. The average Bonchev–Trinajstić information content (AvgIpc) is 2.78. The van der Waals surface area contributed by atoms with E-state index in [1.807, 2.05) is 79.7 Å². The Hall–Kier alpha value is -3.73. The van der Waals surface area contributed by atoms with Gasteiger partial charge in [-0.1, -0.05) is 24.3 Å². The molecule has 0 amide bonds. The van der Waals surface area contributed by atoms with Crippen LogP contribution >= 0.6 is 0 Å². The second-order valence-corrected chi connectivity index (χ2v) is 6.13. The second kappa shape index (κ2) is 9.99. The van der Waals surface area contributed by atoms with E-state index in [1.54, 1.807) is 26.5 Å². The van der Waals surface area contributed by atoms with E-state index in [-0.39, 0.29) is 0 Å². The quantitative estimate of drug-likeness (QED) is 0.291. The molecule has 29 heavy (non-hydrogen) atoms. The van der Waals surface area contributed by atoms with Crippen molar-refractivity contribution >= 4 is 11.6 Å². The molecule has 0 aliphatic heterocycles.